The van der Waals surface area contributed by atoms with Crippen LogP contribution >= 0.6 is 0 Å². The predicted molar refractivity (Wildman–Crippen MR) is 168 cm³/mol. The average molecular weight is 593 g/mol. The number of anilines is 1. The van der Waals surface area contributed by atoms with Crippen LogP contribution in [0, 0.1) is 22.0 Å². The zero-order valence-electron chi connectivity index (χ0n) is 23.7. The van der Waals surface area contributed by atoms with Crippen molar-refractivity contribution in [3.8, 4) is 0 Å². The smallest absolute Gasteiger partial charge is 0.271 e. The standard InChI is InChI=1S/C36H24N4O5/c41-33(25-13-7-9-21-8-1-2-10-24(21)25)38-37-20-36-28-14-5-3-11-26(28)30(27-12-4-6-15-29(27)36)31-32(36)35(43)39(34(31)42)22-16-18-23(19-17-22)40(44)45/h1-20,30-32H,(H,38,41)/b37-20-/t30?,31-,32+,36?/m0/s1. The highest BCUT2D eigenvalue weighted by atomic mass is 16.6. The zero-order valence-corrected chi connectivity index (χ0v) is 23.7. The number of amides is 3. The van der Waals surface area contributed by atoms with Gasteiger partial charge in [0.05, 0.1) is 27.9 Å². The van der Waals surface area contributed by atoms with Gasteiger partial charge in [-0.05, 0) is 51.2 Å². The molecule has 3 aliphatic carbocycles. The quantitative estimate of drug-likeness (QED) is 0.121. The summed E-state index contributed by atoms with van der Waals surface area (Å²) in [5.41, 5.74) is 5.69. The Morgan fingerprint density at radius 1 is 0.800 bits per heavy atom. The number of imide groups is 1. The van der Waals surface area contributed by atoms with E-state index in [0.29, 0.717) is 5.56 Å². The summed E-state index contributed by atoms with van der Waals surface area (Å²) in [6, 6.07) is 34.0. The number of nitrogens with zero attached hydrogens (tertiary/aromatic N) is 3. The summed E-state index contributed by atoms with van der Waals surface area (Å²) in [5.74, 6) is -3.15. The molecule has 1 N–H and O–H groups in total. The first-order valence-corrected chi connectivity index (χ1v) is 14.5. The van der Waals surface area contributed by atoms with E-state index in [9.17, 15) is 24.5 Å². The number of benzene rings is 5. The number of nitrogens with one attached hydrogen (secondary N) is 1. The lowest BCUT2D eigenvalue weighted by Gasteiger charge is -2.52. The molecule has 2 bridgehead atoms. The molecule has 1 fully saturated rings. The Morgan fingerprint density at radius 2 is 1.42 bits per heavy atom. The number of rotatable bonds is 5. The topological polar surface area (TPSA) is 122 Å². The monoisotopic (exact) mass is 592 g/mol. The SMILES string of the molecule is O=C(N/N=C\C12c3ccccc3C(c3ccccc31)[C@@H]1C(=O)N(c3ccc([N+](=O)[O-])cc3)C(=O)[C@@H]12)c1cccc2ccccc12. The van der Waals surface area contributed by atoms with Gasteiger partial charge in [0.25, 0.3) is 11.6 Å². The molecule has 5 aromatic carbocycles. The largest absolute Gasteiger partial charge is 0.274 e. The molecule has 0 unspecified atom stereocenters. The third-order valence-corrected chi connectivity index (χ3v) is 9.47. The molecule has 218 valence electrons. The third kappa shape index (κ3) is 3.67. The summed E-state index contributed by atoms with van der Waals surface area (Å²) >= 11 is 0. The van der Waals surface area contributed by atoms with Crippen LogP contribution in [0.25, 0.3) is 10.8 Å². The number of carbonyl (C=O) groups is 3. The van der Waals surface area contributed by atoms with Crippen molar-refractivity contribution in [2.75, 3.05) is 4.90 Å². The summed E-state index contributed by atoms with van der Waals surface area (Å²) < 4.78 is 0. The number of nitro groups is 1. The molecule has 2 atom stereocenters. The van der Waals surface area contributed by atoms with Crippen molar-refractivity contribution in [3.05, 3.63) is 153 Å². The fourth-order valence-electron chi connectivity index (χ4n) is 7.70. The first-order chi connectivity index (χ1) is 21.9. The minimum atomic E-state index is -1.17. The van der Waals surface area contributed by atoms with Gasteiger partial charge < -0.3 is 0 Å². The van der Waals surface area contributed by atoms with E-state index in [4.69, 9.17) is 0 Å². The molecule has 4 aliphatic rings. The molecule has 9 heteroatoms. The normalized spacial score (nSPS) is 22.8. The number of carbonyl (C=O) groups excluding carboxylic acids is 3. The van der Waals surface area contributed by atoms with Crippen molar-refractivity contribution in [3.63, 3.8) is 0 Å². The van der Waals surface area contributed by atoms with E-state index in [-0.39, 0.29) is 23.2 Å². The maximum absolute atomic E-state index is 14.5. The molecular weight excluding hydrogens is 568 g/mol. The van der Waals surface area contributed by atoms with Crippen LogP contribution in [0.15, 0.2) is 120 Å². The summed E-state index contributed by atoms with van der Waals surface area (Å²) in [5, 5.41) is 17.5. The second kappa shape index (κ2) is 9.78. The van der Waals surface area contributed by atoms with Crippen molar-refractivity contribution < 1.29 is 19.3 Å². The summed E-state index contributed by atoms with van der Waals surface area (Å²) in [7, 11) is 0. The van der Waals surface area contributed by atoms with Crippen molar-refractivity contribution >= 4 is 46.1 Å². The fourth-order valence-corrected chi connectivity index (χ4v) is 7.70. The molecule has 0 radical (unpaired) electrons. The molecule has 0 spiro atoms. The van der Waals surface area contributed by atoms with Crippen LogP contribution in [0.3, 0.4) is 0 Å². The van der Waals surface area contributed by atoms with Gasteiger partial charge in [-0.15, -0.1) is 0 Å². The molecule has 0 aromatic heterocycles. The van der Waals surface area contributed by atoms with E-state index < -0.39 is 34.0 Å². The second-order valence-electron chi connectivity index (χ2n) is 11.5. The van der Waals surface area contributed by atoms with Gasteiger partial charge >= 0.3 is 0 Å². The second-order valence-corrected chi connectivity index (χ2v) is 11.5. The van der Waals surface area contributed by atoms with Gasteiger partial charge in [0.15, 0.2) is 0 Å². The van der Waals surface area contributed by atoms with E-state index in [1.54, 1.807) is 12.3 Å². The minimum Gasteiger partial charge on any atom is -0.274 e. The average Bonchev–Trinajstić information content (AvgIpc) is 3.34. The zero-order chi connectivity index (χ0) is 30.9. The lowest BCUT2D eigenvalue weighted by Crippen LogP contribution is -2.54. The number of nitro benzene ring substituents is 1. The Labute approximate surface area is 256 Å². The van der Waals surface area contributed by atoms with Crippen molar-refractivity contribution in [2.45, 2.75) is 11.3 Å². The molecule has 1 aliphatic heterocycles. The first-order valence-electron chi connectivity index (χ1n) is 14.5. The van der Waals surface area contributed by atoms with E-state index in [0.717, 1.165) is 37.9 Å². The van der Waals surface area contributed by atoms with Crippen LogP contribution in [0.2, 0.25) is 0 Å². The molecule has 9 rings (SSSR count). The number of hydrazone groups is 1. The number of hydrogen-bond donors (Lipinski definition) is 1. The number of non-ortho nitro benzene ring substituents is 1. The molecule has 1 heterocycles. The van der Waals surface area contributed by atoms with Crippen LogP contribution in [0.1, 0.15) is 38.5 Å². The van der Waals surface area contributed by atoms with Gasteiger partial charge in [-0.1, -0.05) is 84.9 Å². The van der Waals surface area contributed by atoms with E-state index >= 15 is 0 Å². The number of hydrogen-bond acceptors (Lipinski definition) is 6. The van der Waals surface area contributed by atoms with Gasteiger partial charge in [0, 0.05) is 29.8 Å². The Hall–Kier alpha value is -5.96. The van der Waals surface area contributed by atoms with Gasteiger partial charge in [-0.3, -0.25) is 24.5 Å². The highest BCUT2D eigenvalue weighted by Gasteiger charge is 2.68. The third-order valence-electron chi connectivity index (χ3n) is 9.47. The van der Waals surface area contributed by atoms with Crippen molar-refractivity contribution in [2.24, 2.45) is 16.9 Å². The maximum Gasteiger partial charge on any atom is 0.271 e. The molecular formula is C36H24N4O5. The molecule has 9 nitrogen and oxygen atoms in total. The molecule has 5 aromatic rings. The Morgan fingerprint density at radius 3 is 2.11 bits per heavy atom. The van der Waals surface area contributed by atoms with Gasteiger partial charge in [-0.2, -0.15) is 5.10 Å². The Balaban J connectivity index is 1.27. The number of fused-ring (bicyclic) bond motifs is 1. The van der Waals surface area contributed by atoms with Gasteiger partial charge in [0.2, 0.25) is 11.8 Å². The molecule has 1 saturated heterocycles. The van der Waals surface area contributed by atoms with E-state index in [1.807, 2.05) is 84.9 Å². The Bertz CT molecular complexity index is 2070. The lowest BCUT2D eigenvalue weighted by atomic mass is 9.47. The lowest BCUT2D eigenvalue weighted by molar-refractivity contribution is -0.384. The highest BCUT2D eigenvalue weighted by Crippen LogP contribution is 2.63. The molecule has 0 saturated carbocycles. The van der Waals surface area contributed by atoms with Crippen LogP contribution in [-0.2, 0) is 15.0 Å². The highest BCUT2D eigenvalue weighted by molar-refractivity contribution is 6.25. The van der Waals surface area contributed by atoms with Crippen LogP contribution in [0.4, 0.5) is 11.4 Å². The molecule has 3 amide bonds. The minimum absolute atomic E-state index is 0.138. The maximum atomic E-state index is 14.5. The summed E-state index contributed by atoms with van der Waals surface area (Å²) in [4.78, 5) is 54.1. The van der Waals surface area contributed by atoms with Gasteiger partial charge in [-0.25, -0.2) is 10.3 Å². The van der Waals surface area contributed by atoms with Crippen LogP contribution in [-0.4, -0.2) is 28.9 Å². The molecule has 45 heavy (non-hydrogen) atoms. The van der Waals surface area contributed by atoms with Crippen molar-refractivity contribution in [1.82, 2.24) is 5.43 Å². The van der Waals surface area contributed by atoms with Crippen molar-refractivity contribution in [1.29, 1.82) is 0 Å². The summed E-state index contributed by atoms with van der Waals surface area (Å²) in [6.45, 7) is 0. The first kappa shape index (κ1) is 26.7. The van der Waals surface area contributed by atoms with Crippen LogP contribution in [0.5, 0.6) is 0 Å². The van der Waals surface area contributed by atoms with Gasteiger partial charge in [0.1, 0.15) is 0 Å². The summed E-state index contributed by atoms with van der Waals surface area (Å²) in [6.07, 6.45) is 1.62. The fraction of sp³-hybridized carbons (Fsp3) is 0.111. The Kier molecular flexibility index (Phi) is 5.79. The van der Waals surface area contributed by atoms with E-state index in [1.165, 1.54) is 24.3 Å². The van der Waals surface area contributed by atoms with Crippen LogP contribution < -0.4 is 10.3 Å². The van der Waals surface area contributed by atoms with E-state index in [2.05, 4.69) is 10.5 Å². The predicted octanol–water partition coefficient (Wildman–Crippen LogP) is 5.71.